The molecule has 1 fully saturated rings. The summed E-state index contributed by atoms with van der Waals surface area (Å²) < 4.78 is 0. The van der Waals surface area contributed by atoms with E-state index >= 15 is 0 Å². The van der Waals surface area contributed by atoms with Gasteiger partial charge in [0.25, 0.3) is 0 Å². The van der Waals surface area contributed by atoms with Crippen LogP contribution in [0.2, 0.25) is 0 Å². The van der Waals surface area contributed by atoms with Crippen LogP contribution in [0.1, 0.15) is 39.5 Å². The van der Waals surface area contributed by atoms with Crippen molar-refractivity contribution in [2.24, 2.45) is 23.5 Å². The second kappa shape index (κ2) is 8.25. The van der Waals surface area contributed by atoms with Gasteiger partial charge in [0.1, 0.15) is 0 Å². The van der Waals surface area contributed by atoms with Crippen molar-refractivity contribution in [3.63, 3.8) is 0 Å². The van der Waals surface area contributed by atoms with Gasteiger partial charge < -0.3 is 16.0 Å². The second-order valence-corrected chi connectivity index (χ2v) is 6.20. The van der Waals surface area contributed by atoms with Gasteiger partial charge in [-0.1, -0.05) is 13.8 Å². The monoisotopic (exact) mass is 283 g/mol. The summed E-state index contributed by atoms with van der Waals surface area (Å²) >= 11 is 0. The molecule has 0 saturated carbocycles. The molecule has 1 unspecified atom stereocenters. The third-order valence-electron chi connectivity index (χ3n) is 4.07. The Morgan fingerprint density at radius 2 is 1.90 bits per heavy atom. The number of carbonyl (C=O) groups excluding carboxylic acids is 2. The van der Waals surface area contributed by atoms with Crippen molar-refractivity contribution in [3.8, 4) is 0 Å². The molecule has 0 spiro atoms. The number of hydrogen-bond donors (Lipinski definition) is 2. The minimum Gasteiger partial charge on any atom is -0.359 e. The molecule has 1 heterocycles. The van der Waals surface area contributed by atoms with E-state index in [1.807, 2.05) is 4.90 Å². The maximum absolute atomic E-state index is 12.3. The molecule has 0 aliphatic carbocycles. The lowest BCUT2D eigenvalue weighted by Crippen LogP contribution is -2.43. The minimum absolute atomic E-state index is 0.0602. The van der Waals surface area contributed by atoms with Crippen LogP contribution in [0.15, 0.2) is 0 Å². The van der Waals surface area contributed by atoms with Crippen molar-refractivity contribution < 1.29 is 9.59 Å². The van der Waals surface area contributed by atoms with Gasteiger partial charge in [-0.3, -0.25) is 9.59 Å². The average molecular weight is 283 g/mol. The largest absolute Gasteiger partial charge is 0.359 e. The Bertz CT molecular complexity index is 323. The Morgan fingerprint density at radius 1 is 1.30 bits per heavy atom. The molecular weight excluding hydrogens is 254 g/mol. The fourth-order valence-corrected chi connectivity index (χ4v) is 2.90. The van der Waals surface area contributed by atoms with E-state index in [1.165, 1.54) is 0 Å². The van der Waals surface area contributed by atoms with E-state index < -0.39 is 0 Å². The average Bonchev–Trinajstić information content (AvgIpc) is 2.45. The molecule has 0 aromatic carbocycles. The van der Waals surface area contributed by atoms with E-state index in [2.05, 4.69) is 19.2 Å². The number of amides is 2. The van der Waals surface area contributed by atoms with Crippen molar-refractivity contribution in [2.75, 3.05) is 26.7 Å². The topological polar surface area (TPSA) is 75.4 Å². The maximum atomic E-state index is 12.3. The van der Waals surface area contributed by atoms with Crippen LogP contribution in [0.5, 0.6) is 0 Å². The number of carbonyl (C=O) groups is 2. The summed E-state index contributed by atoms with van der Waals surface area (Å²) in [5, 5.41) is 2.68. The smallest absolute Gasteiger partial charge is 0.222 e. The lowest BCUT2D eigenvalue weighted by Gasteiger charge is -2.32. The van der Waals surface area contributed by atoms with Gasteiger partial charge in [0.2, 0.25) is 11.8 Å². The standard InChI is InChI=1S/C15H29N3O2/c1-11(2)8-12(10-16)9-14(19)18-6-4-13(5-7-18)15(20)17-3/h11-13H,4-10,16H2,1-3H3,(H,17,20). The Kier molecular flexibility index (Phi) is 6.99. The summed E-state index contributed by atoms with van der Waals surface area (Å²) in [4.78, 5) is 25.7. The van der Waals surface area contributed by atoms with E-state index in [4.69, 9.17) is 5.73 Å². The predicted molar refractivity (Wildman–Crippen MR) is 80.0 cm³/mol. The molecule has 0 aromatic rings. The number of hydrogen-bond acceptors (Lipinski definition) is 3. The van der Waals surface area contributed by atoms with Gasteiger partial charge in [-0.2, -0.15) is 0 Å². The number of likely N-dealkylation sites (tertiary alicyclic amines) is 1. The summed E-state index contributed by atoms with van der Waals surface area (Å²) in [6, 6.07) is 0. The minimum atomic E-state index is 0.0602. The number of nitrogens with zero attached hydrogens (tertiary/aromatic N) is 1. The van der Waals surface area contributed by atoms with E-state index in [9.17, 15) is 9.59 Å². The molecule has 0 aromatic heterocycles. The Balaban J connectivity index is 2.40. The molecule has 5 heteroatoms. The third kappa shape index (κ3) is 5.12. The molecule has 1 rings (SSSR count). The molecule has 1 saturated heterocycles. The van der Waals surface area contributed by atoms with Crippen LogP contribution in [0.4, 0.5) is 0 Å². The van der Waals surface area contributed by atoms with Crippen LogP contribution in [-0.2, 0) is 9.59 Å². The summed E-state index contributed by atoms with van der Waals surface area (Å²) in [6.45, 7) is 6.26. The van der Waals surface area contributed by atoms with E-state index in [0.717, 1.165) is 19.3 Å². The fourth-order valence-electron chi connectivity index (χ4n) is 2.90. The SMILES string of the molecule is CNC(=O)C1CCN(C(=O)CC(CN)CC(C)C)CC1. The second-order valence-electron chi connectivity index (χ2n) is 6.20. The molecule has 3 N–H and O–H groups in total. The van der Waals surface area contributed by atoms with E-state index in [-0.39, 0.29) is 23.7 Å². The molecule has 116 valence electrons. The van der Waals surface area contributed by atoms with Crippen molar-refractivity contribution in [2.45, 2.75) is 39.5 Å². The van der Waals surface area contributed by atoms with Gasteiger partial charge in [-0.15, -0.1) is 0 Å². The third-order valence-corrected chi connectivity index (χ3v) is 4.07. The lowest BCUT2D eigenvalue weighted by molar-refractivity contribution is -0.136. The number of rotatable bonds is 6. The first kappa shape index (κ1) is 17.0. The zero-order valence-corrected chi connectivity index (χ0v) is 13.0. The highest BCUT2D eigenvalue weighted by molar-refractivity contribution is 5.80. The summed E-state index contributed by atoms with van der Waals surface area (Å²) in [5.41, 5.74) is 5.76. The van der Waals surface area contributed by atoms with Gasteiger partial charge in [0, 0.05) is 32.5 Å². The quantitative estimate of drug-likeness (QED) is 0.763. The predicted octanol–water partition coefficient (Wildman–Crippen LogP) is 0.982. The first-order valence-electron chi connectivity index (χ1n) is 7.67. The normalized spacial score (nSPS) is 18.1. The van der Waals surface area contributed by atoms with E-state index in [1.54, 1.807) is 7.05 Å². The van der Waals surface area contributed by atoms with Crippen molar-refractivity contribution >= 4 is 11.8 Å². The highest BCUT2D eigenvalue weighted by atomic mass is 16.2. The van der Waals surface area contributed by atoms with Gasteiger partial charge in [-0.05, 0) is 37.6 Å². The van der Waals surface area contributed by atoms with Gasteiger partial charge in [-0.25, -0.2) is 0 Å². The van der Waals surface area contributed by atoms with Crippen LogP contribution in [0, 0.1) is 17.8 Å². The molecule has 1 aliphatic heterocycles. The molecular formula is C15H29N3O2. The van der Waals surface area contributed by atoms with Crippen LogP contribution in [0.3, 0.4) is 0 Å². The molecule has 1 aliphatic rings. The maximum Gasteiger partial charge on any atom is 0.222 e. The van der Waals surface area contributed by atoms with Gasteiger partial charge in [0.05, 0.1) is 0 Å². The fraction of sp³-hybridized carbons (Fsp3) is 0.867. The van der Waals surface area contributed by atoms with Crippen LogP contribution < -0.4 is 11.1 Å². The van der Waals surface area contributed by atoms with Gasteiger partial charge >= 0.3 is 0 Å². The lowest BCUT2D eigenvalue weighted by atomic mass is 9.92. The number of nitrogens with one attached hydrogen (secondary N) is 1. The van der Waals surface area contributed by atoms with Crippen LogP contribution in [-0.4, -0.2) is 43.4 Å². The Hall–Kier alpha value is -1.10. The zero-order valence-electron chi connectivity index (χ0n) is 13.0. The number of piperidine rings is 1. The molecule has 20 heavy (non-hydrogen) atoms. The van der Waals surface area contributed by atoms with E-state index in [0.29, 0.717) is 32.0 Å². The van der Waals surface area contributed by atoms with Crippen molar-refractivity contribution in [1.82, 2.24) is 10.2 Å². The molecule has 0 radical (unpaired) electrons. The first-order valence-corrected chi connectivity index (χ1v) is 7.67. The zero-order chi connectivity index (χ0) is 15.1. The summed E-state index contributed by atoms with van der Waals surface area (Å²) in [5.74, 6) is 1.19. The Morgan fingerprint density at radius 3 is 2.35 bits per heavy atom. The summed E-state index contributed by atoms with van der Waals surface area (Å²) in [6.07, 6.45) is 3.07. The molecule has 1 atom stereocenters. The van der Waals surface area contributed by atoms with Crippen molar-refractivity contribution in [3.05, 3.63) is 0 Å². The van der Waals surface area contributed by atoms with Crippen LogP contribution >= 0.6 is 0 Å². The highest BCUT2D eigenvalue weighted by Crippen LogP contribution is 2.20. The first-order chi connectivity index (χ1) is 9.47. The van der Waals surface area contributed by atoms with Crippen molar-refractivity contribution in [1.29, 1.82) is 0 Å². The van der Waals surface area contributed by atoms with Gasteiger partial charge in [0.15, 0.2) is 0 Å². The summed E-state index contributed by atoms with van der Waals surface area (Å²) in [7, 11) is 1.66. The van der Waals surface area contributed by atoms with Crippen LogP contribution in [0.25, 0.3) is 0 Å². The molecule has 2 amide bonds. The Labute approximate surface area is 122 Å². The molecule has 5 nitrogen and oxygen atoms in total. The highest BCUT2D eigenvalue weighted by Gasteiger charge is 2.27. The number of nitrogens with two attached hydrogens (primary N) is 1. The molecule has 0 bridgehead atoms.